The highest BCUT2D eigenvalue weighted by Crippen LogP contribution is 2.35. The molecule has 1 fully saturated rings. The zero-order valence-electron chi connectivity index (χ0n) is 14.4. The van der Waals surface area contributed by atoms with E-state index in [1.165, 1.54) is 10.9 Å². The highest BCUT2D eigenvalue weighted by Gasteiger charge is 2.43. The third-order valence-electron chi connectivity index (χ3n) is 5.37. The van der Waals surface area contributed by atoms with Gasteiger partial charge < -0.3 is 9.30 Å². The number of benzene rings is 1. The number of likely N-dealkylation sites (tertiary alicyclic amines) is 1. The summed E-state index contributed by atoms with van der Waals surface area (Å²) in [6, 6.07) is 11.0. The molecular weight excluding hydrogens is 349 g/mol. The Morgan fingerprint density at radius 2 is 2.19 bits per heavy atom. The average molecular weight is 369 g/mol. The van der Waals surface area contributed by atoms with Crippen LogP contribution in [-0.4, -0.2) is 33.1 Å². The Hall–Kier alpha value is -2.02. The van der Waals surface area contributed by atoms with E-state index in [1.54, 1.807) is 23.5 Å². The second-order valence-corrected chi connectivity index (χ2v) is 8.20. The van der Waals surface area contributed by atoms with Crippen LogP contribution in [0.2, 0.25) is 0 Å². The van der Waals surface area contributed by atoms with E-state index in [0.29, 0.717) is 6.61 Å². The molecule has 0 aliphatic carbocycles. The molecule has 3 aromatic rings. The molecule has 1 atom stereocenters. The van der Waals surface area contributed by atoms with Gasteiger partial charge in [-0.15, -0.1) is 11.3 Å². The lowest BCUT2D eigenvalue weighted by molar-refractivity contribution is -0.0821. The Labute approximate surface area is 155 Å². The molecule has 6 heteroatoms. The van der Waals surface area contributed by atoms with Crippen LogP contribution in [0.3, 0.4) is 0 Å². The summed E-state index contributed by atoms with van der Waals surface area (Å²) in [6.45, 7) is 4.23. The molecule has 1 aromatic carbocycles. The van der Waals surface area contributed by atoms with Crippen molar-refractivity contribution in [1.82, 2.24) is 14.5 Å². The van der Waals surface area contributed by atoms with Gasteiger partial charge in [0, 0.05) is 30.1 Å². The number of rotatable bonds is 3. The molecular formula is C20H20FN3OS. The van der Waals surface area contributed by atoms with Gasteiger partial charge in [-0.05, 0) is 30.0 Å². The van der Waals surface area contributed by atoms with Crippen molar-refractivity contribution in [2.24, 2.45) is 0 Å². The topological polar surface area (TPSA) is 30.3 Å². The maximum absolute atomic E-state index is 13.7. The van der Waals surface area contributed by atoms with Crippen LogP contribution in [0.25, 0.3) is 11.3 Å². The van der Waals surface area contributed by atoms with Gasteiger partial charge in [-0.2, -0.15) is 0 Å². The summed E-state index contributed by atoms with van der Waals surface area (Å²) in [6.07, 6.45) is 2.85. The Kier molecular flexibility index (Phi) is 3.92. The fraction of sp³-hybridized carbons (Fsp3) is 0.350. The van der Waals surface area contributed by atoms with Gasteiger partial charge in [0.15, 0.2) is 0 Å². The first-order valence-electron chi connectivity index (χ1n) is 8.90. The maximum atomic E-state index is 13.7. The molecule has 1 unspecified atom stereocenters. The van der Waals surface area contributed by atoms with Crippen LogP contribution in [0.15, 0.2) is 48.0 Å². The number of hydrogen-bond acceptors (Lipinski definition) is 4. The van der Waals surface area contributed by atoms with Crippen molar-refractivity contribution in [2.45, 2.75) is 31.7 Å². The highest BCUT2D eigenvalue weighted by molar-refractivity contribution is 7.09. The summed E-state index contributed by atoms with van der Waals surface area (Å²) in [5, 5.41) is 2.13. The minimum atomic E-state index is -0.220. The Morgan fingerprint density at radius 3 is 3.04 bits per heavy atom. The molecule has 134 valence electrons. The first-order valence-corrected chi connectivity index (χ1v) is 9.78. The smallest absolute Gasteiger partial charge is 0.135 e. The number of hydrogen-bond donors (Lipinski definition) is 0. The predicted molar refractivity (Wildman–Crippen MR) is 99.4 cm³/mol. The van der Waals surface area contributed by atoms with Gasteiger partial charge in [0.1, 0.15) is 23.8 Å². The number of thiophene rings is 1. The van der Waals surface area contributed by atoms with Gasteiger partial charge in [0.25, 0.3) is 0 Å². The van der Waals surface area contributed by atoms with E-state index >= 15 is 0 Å². The van der Waals surface area contributed by atoms with Crippen LogP contribution < -0.4 is 0 Å². The van der Waals surface area contributed by atoms with Crippen LogP contribution in [-0.2, 0) is 24.4 Å². The number of nitrogens with zero attached hydrogens (tertiary/aromatic N) is 3. The molecule has 5 rings (SSSR count). The van der Waals surface area contributed by atoms with Gasteiger partial charge in [-0.1, -0.05) is 18.2 Å². The fourth-order valence-electron chi connectivity index (χ4n) is 4.07. The second-order valence-electron chi connectivity index (χ2n) is 7.17. The Balaban J connectivity index is 1.39. The Morgan fingerprint density at radius 1 is 1.23 bits per heavy atom. The summed E-state index contributed by atoms with van der Waals surface area (Å²) >= 11 is 1.80. The zero-order valence-corrected chi connectivity index (χ0v) is 15.2. The SMILES string of the molecule is Fc1cccc(-c2cnc3n2CC2(CCN(Cc4cccs4)C2)OC3)c1. The van der Waals surface area contributed by atoms with E-state index in [1.807, 2.05) is 12.3 Å². The molecule has 0 saturated carbocycles. The van der Waals surface area contributed by atoms with Crippen molar-refractivity contribution in [2.75, 3.05) is 13.1 Å². The summed E-state index contributed by atoms with van der Waals surface area (Å²) in [4.78, 5) is 8.36. The molecule has 2 aromatic heterocycles. The van der Waals surface area contributed by atoms with Gasteiger partial charge in [0.2, 0.25) is 0 Å². The summed E-state index contributed by atoms with van der Waals surface area (Å²) in [5.41, 5.74) is 1.67. The Bertz CT molecular complexity index is 923. The zero-order chi connectivity index (χ0) is 17.6. The van der Waals surface area contributed by atoms with E-state index in [4.69, 9.17) is 4.74 Å². The molecule has 4 nitrogen and oxygen atoms in total. The molecule has 2 aliphatic rings. The quantitative estimate of drug-likeness (QED) is 0.701. The molecule has 4 heterocycles. The lowest BCUT2D eigenvalue weighted by Gasteiger charge is -2.35. The lowest BCUT2D eigenvalue weighted by atomic mass is 10.0. The molecule has 0 amide bonds. The minimum absolute atomic E-state index is 0.174. The fourth-order valence-corrected chi connectivity index (χ4v) is 4.81. The van der Waals surface area contributed by atoms with Crippen molar-refractivity contribution in [3.63, 3.8) is 0 Å². The molecule has 1 saturated heterocycles. The van der Waals surface area contributed by atoms with Crippen LogP contribution in [0.4, 0.5) is 4.39 Å². The normalized spacial score (nSPS) is 22.8. The number of fused-ring (bicyclic) bond motifs is 1. The van der Waals surface area contributed by atoms with Crippen molar-refractivity contribution in [1.29, 1.82) is 0 Å². The maximum Gasteiger partial charge on any atom is 0.135 e. The third kappa shape index (κ3) is 2.88. The predicted octanol–water partition coefficient (Wildman–Crippen LogP) is 3.93. The van der Waals surface area contributed by atoms with E-state index in [0.717, 1.165) is 49.7 Å². The standard InChI is InChI=1S/C20H20FN3OS/c21-16-4-1-3-15(9-16)18-10-22-19-12-25-20(14-24(18)19)6-7-23(13-20)11-17-5-2-8-26-17/h1-5,8-10H,6-7,11-14H2. The van der Waals surface area contributed by atoms with Crippen molar-refractivity contribution >= 4 is 11.3 Å². The third-order valence-corrected chi connectivity index (χ3v) is 6.23. The lowest BCUT2D eigenvalue weighted by Crippen LogP contribution is -2.44. The highest BCUT2D eigenvalue weighted by atomic mass is 32.1. The van der Waals surface area contributed by atoms with Crippen LogP contribution in [0.5, 0.6) is 0 Å². The van der Waals surface area contributed by atoms with Gasteiger partial charge in [-0.25, -0.2) is 9.37 Å². The number of imidazole rings is 1. The largest absolute Gasteiger partial charge is 0.364 e. The number of halogens is 1. The molecule has 26 heavy (non-hydrogen) atoms. The van der Waals surface area contributed by atoms with E-state index in [2.05, 4.69) is 32.0 Å². The molecule has 2 aliphatic heterocycles. The monoisotopic (exact) mass is 369 g/mol. The van der Waals surface area contributed by atoms with Gasteiger partial charge in [-0.3, -0.25) is 4.90 Å². The minimum Gasteiger partial charge on any atom is -0.364 e. The number of aromatic nitrogens is 2. The summed E-state index contributed by atoms with van der Waals surface area (Å²) in [5.74, 6) is 0.703. The summed E-state index contributed by atoms with van der Waals surface area (Å²) < 4.78 is 22.2. The van der Waals surface area contributed by atoms with Crippen molar-refractivity contribution < 1.29 is 9.13 Å². The van der Waals surface area contributed by atoms with Crippen molar-refractivity contribution in [3.8, 4) is 11.3 Å². The van der Waals surface area contributed by atoms with E-state index in [9.17, 15) is 4.39 Å². The van der Waals surface area contributed by atoms with Gasteiger partial charge in [0.05, 0.1) is 18.4 Å². The first kappa shape index (κ1) is 16.2. The first-order chi connectivity index (χ1) is 12.7. The molecule has 1 spiro atoms. The molecule has 0 N–H and O–H groups in total. The second kappa shape index (κ2) is 6.30. The van der Waals surface area contributed by atoms with E-state index < -0.39 is 0 Å². The van der Waals surface area contributed by atoms with Crippen LogP contribution in [0, 0.1) is 5.82 Å². The van der Waals surface area contributed by atoms with Crippen molar-refractivity contribution in [3.05, 3.63) is 64.5 Å². The van der Waals surface area contributed by atoms with Crippen LogP contribution >= 0.6 is 11.3 Å². The molecule has 0 bridgehead atoms. The number of ether oxygens (including phenoxy) is 1. The van der Waals surface area contributed by atoms with Gasteiger partial charge >= 0.3 is 0 Å². The molecule has 0 radical (unpaired) electrons. The summed E-state index contributed by atoms with van der Waals surface area (Å²) in [7, 11) is 0. The van der Waals surface area contributed by atoms with E-state index in [-0.39, 0.29) is 11.4 Å². The average Bonchev–Trinajstić information content (AvgIpc) is 3.36. The van der Waals surface area contributed by atoms with Crippen LogP contribution in [0.1, 0.15) is 17.1 Å².